The van der Waals surface area contributed by atoms with Gasteiger partial charge in [-0.15, -0.1) is 24.0 Å². The highest BCUT2D eigenvalue weighted by molar-refractivity contribution is 14.0. The van der Waals surface area contributed by atoms with Gasteiger partial charge in [-0.05, 0) is 50.9 Å². The van der Waals surface area contributed by atoms with Crippen molar-refractivity contribution in [1.82, 2.24) is 15.5 Å². The van der Waals surface area contributed by atoms with Crippen molar-refractivity contribution < 1.29 is 8.42 Å². The zero-order chi connectivity index (χ0) is 18.6. The van der Waals surface area contributed by atoms with Crippen molar-refractivity contribution in [1.29, 1.82) is 0 Å². The summed E-state index contributed by atoms with van der Waals surface area (Å²) in [6.07, 6.45) is 3.84. The lowest BCUT2D eigenvalue weighted by Gasteiger charge is -2.25. The number of sulfone groups is 1. The van der Waals surface area contributed by atoms with E-state index in [1.165, 1.54) is 19.1 Å². The zero-order valence-electron chi connectivity index (χ0n) is 16.2. The summed E-state index contributed by atoms with van der Waals surface area (Å²) in [5, 5.41) is 6.64. The smallest absolute Gasteiger partial charge is 0.191 e. The molecule has 0 radical (unpaired) electrons. The number of hydrogen-bond donors (Lipinski definition) is 2. The SMILES string of the molecule is CN=C(NCc1ccc(S(C)(=O)=O)c(C)c1)NCC(C)N(C)C1CC1.I. The van der Waals surface area contributed by atoms with E-state index >= 15 is 0 Å². The molecular formula is C18H31IN4O2S. The molecule has 0 aromatic heterocycles. The van der Waals surface area contributed by atoms with Crippen LogP contribution in [-0.4, -0.2) is 58.3 Å². The minimum atomic E-state index is -3.18. The van der Waals surface area contributed by atoms with E-state index in [9.17, 15) is 8.42 Å². The maximum Gasteiger partial charge on any atom is 0.191 e. The Kier molecular flexibility index (Phi) is 8.81. The molecule has 2 rings (SSSR count). The van der Waals surface area contributed by atoms with Crippen LogP contribution < -0.4 is 10.6 Å². The number of aliphatic imine (C=N–C) groups is 1. The van der Waals surface area contributed by atoms with Crippen LogP contribution in [0.4, 0.5) is 0 Å². The highest BCUT2D eigenvalue weighted by Gasteiger charge is 2.28. The number of guanidine groups is 1. The third-order valence-electron chi connectivity index (χ3n) is 4.71. The fraction of sp³-hybridized carbons (Fsp3) is 0.611. The molecule has 1 saturated carbocycles. The van der Waals surface area contributed by atoms with Crippen LogP contribution in [0.15, 0.2) is 28.1 Å². The third-order valence-corrected chi connectivity index (χ3v) is 5.96. The predicted molar refractivity (Wildman–Crippen MR) is 118 cm³/mol. The molecule has 6 nitrogen and oxygen atoms in total. The molecular weight excluding hydrogens is 463 g/mol. The molecule has 1 atom stereocenters. The van der Waals surface area contributed by atoms with Crippen molar-refractivity contribution in [3.05, 3.63) is 29.3 Å². The van der Waals surface area contributed by atoms with Crippen molar-refractivity contribution in [2.24, 2.45) is 4.99 Å². The normalized spacial score (nSPS) is 16.2. The van der Waals surface area contributed by atoms with Crippen molar-refractivity contribution >= 4 is 39.8 Å². The molecule has 0 saturated heterocycles. The van der Waals surface area contributed by atoms with Crippen molar-refractivity contribution in [2.75, 3.05) is 26.9 Å². The highest BCUT2D eigenvalue weighted by Crippen LogP contribution is 2.26. The largest absolute Gasteiger partial charge is 0.355 e. The van der Waals surface area contributed by atoms with E-state index in [0.717, 1.165) is 29.7 Å². The summed E-state index contributed by atoms with van der Waals surface area (Å²) >= 11 is 0. The average molecular weight is 494 g/mol. The second-order valence-electron chi connectivity index (χ2n) is 6.92. The molecule has 0 spiro atoms. The first kappa shape index (κ1) is 23.2. The number of benzene rings is 1. The topological polar surface area (TPSA) is 73.8 Å². The van der Waals surface area contributed by atoms with Gasteiger partial charge in [0.25, 0.3) is 0 Å². The van der Waals surface area contributed by atoms with Crippen LogP contribution in [0.25, 0.3) is 0 Å². The number of nitrogens with one attached hydrogen (secondary N) is 2. The van der Waals surface area contributed by atoms with Crippen LogP contribution in [0.3, 0.4) is 0 Å². The minimum Gasteiger partial charge on any atom is -0.355 e. The minimum absolute atomic E-state index is 0. The highest BCUT2D eigenvalue weighted by atomic mass is 127. The maximum absolute atomic E-state index is 11.7. The van der Waals surface area contributed by atoms with Gasteiger partial charge < -0.3 is 10.6 Å². The summed E-state index contributed by atoms with van der Waals surface area (Å²) < 4.78 is 23.4. The molecule has 26 heavy (non-hydrogen) atoms. The lowest BCUT2D eigenvalue weighted by molar-refractivity contribution is 0.247. The number of likely N-dealkylation sites (N-methyl/N-ethyl adjacent to an activating group) is 1. The number of nitrogens with zero attached hydrogens (tertiary/aromatic N) is 2. The van der Waals surface area contributed by atoms with E-state index < -0.39 is 9.84 Å². The summed E-state index contributed by atoms with van der Waals surface area (Å²) in [4.78, 5) is 7.05. The summed E-state index contributed by atoms with van der Waals surface area (Å²) in [5.74, 6) is 0.751. The summed E-state index contributed by atoms with van der Waals surface area (Å²) in [6.45, 7) is 5.46. The van der Waals surface area contributed by atoms with Gasteiger partial charge in [-0.25, -0.2) is 8.42 Å². The van der Waals surface area contributed by atoms with Crippen molar-refractivity contribution in [2.45, 2.75) is 50.2 Å². The second kappa shape index (κ2) is 9.89. The number of hydrogen-bond acceptors (Lipinski definition) is 4. The lowest BCUT2D eigenvalue weighted by atomic mass is 10.1. The van der Waals surface area contributed by atoms with Gasteiger partial charge >= 0.3 is 0 Å². The second-order valence-corrected chi connectivity index (χ2v) is 8.91. The molecule has 148 valence electrons. The van der Waals surface area contributed by atoms with Crippen LogP contribution in [0.5, 0.6) is 0 Å². The Labute approximate surface area is 174 Å². The van der Waals surface area contributed by atoms with Crippen LogP contribution >= 0.6 is 24.0 Å². The maximum atomic E-state index is 11.7. The van der Waals surface area contributed by atoms with Crippen molar-refractivity contribution in [3.8, 4) is 0 Å². The average Bonchev–Trinajstić information content (AvgIpc) is 3.37. The van der Waals surface area contributed by atoms with E-state index in [2.05, 4.69) is 34.5 Å². The Morgan fingerprint density at radius 1 is 1.35 bits per heavy atom. The van der Waals surface area contributed by atoms with E-state index in [1.54, 1.807) is 13.1 Å². The Morgan fingerprint density at radius 2 is 2.00 bits per heavy atom. The predicted octanol–water partition coefficient (Wildman–Crippen LogP) is 2.16. The lowest BCUT2D eigenvalue weighted by Crippen LogP contribution is -2.45. The molecule has 1 unspecified atom stereocenters. The molecule has 1 aromatic carbocycles. The first-order valence-corrected chi connectivity index (χ1v) is 10.6. The third kappa shape index (κ3) is 6.70. The van der Waals surface area contributed by atoms with E-state index in [4.69, 9.17) is 0 Å². The Hall–Kier alpha value is -0.870. The van der Waals surface area contributed by atoms with E-state index in [1.807, 2.05) is 19.1 Å². The molecule has 0 aliphatic heterocycles. The van der Waals surface area contributed by atoms with Gasteiger partial charge in [0.1, 0.15) is 0 Å². The van der Waals surface area contributed by atoms with Crippen LogP contribution in [0.1, 0.15) is 30.9 Å². The van der Waals surface area contributed by atoms with Gasteiger partial charge in [0.2, 0.25) is 0 Å². The Bertz CT molecular complexity index is 733. The van der Waals surface area contributed by atoms with E-state index in [0.29, 0.717) is 17.5 Å². The van der Waals surface area contributed by atoms with Gasteiger partial charge in [-0.2, -0.15) is 0 Å². The van der Waals surface area contributed by atoms with Crippen LogP contribution in [0.2, 0.25) is 0 Å². The fourth-order valence-corrected chi connectivity index (χ4v) is 3.83. The van der Waals surface area contributed by atoms with Gasteiger partial charge in [0, 0.05) is 38.5 Å². The molecule has 1 aliphatic carbocycles. The summed E-state index contributed by atoms with van der Waals surface area (Å²) in [6, 6.07) is 6.60. The monoisotopic (exact) mass is 494 g/mol. The fourth-order valence-electron chi connectivity index (χ4n) is 2.87. The van der Waals surface area contributed by atoms with E-state index in [-0.39, 0.29) is 24.0 Å². The van der Waals surface area contributed by atoms with Crippen LogP contribution in [0, 0.1) is 6.92 Å². The van der Waals surface area contributed by atoms with Gasteiger partial charge in [0.15, 0.2) is 15.8 Å². The molecule has 1 aliphatic rings. The number of halogens is 1. The molecule has 0 amide bonds. The van der Waals surface area contributed by atoms with Crippen LogP contribution in [-0.2, 0) is 16.4 Å². The van der Waals surface area contributed by atoms with Crippen molar-refractivity contribution in [3.63, 3.8) is 0 Å². The Morgan fingerprint density at radius 3 is 2.50 bits per heavy atom. The molecule has 2 N–H and O–H groups in total. The van der Waals surface area contributed by atoms with Gasteiger partial charge in [-0.3, -0.25) is 9.89 Å². The molecule has 8 heteroatoms. The zero-order valence-corrected chi connectivity index (χ0v) is 19.4. The van der Waals surface area contributed by atoms with Gasteiger partial charge in [0.05, 0.1) is 4.90 Å². The quantitative estimate of drug-likeness (QED) is 0.346. The van der Waals surface area contributed by atoms with Gasteiger partial charge in [-0.1, -0.05) is 12.1 Å². The molecule has 1 aromatic rings. The summed E-state index contributed by atoms with van der Waals surface area (Å²) in [7, 11) is 0.750. The Balaban J connectivity index is 0.00000338. The molecule has 0 heterocycles. The first-order chi connectivity index (χ1) is 11.7. The summed E-state index contributed by atoms with van der Waals surface area (Å²) in [5.41, 5.74) is 1.79. The number of aryl methyl sites for hydroxylation is 1. The number of rotatable bonds is 7. The molecule has 0 bridgehead atoms. The molecule has 1 fully saturated rings. The first-order valence-electron chi connectivity index (χ1n) is 8.68. The standard InChI is InChI=1S/C18H30N4O2S.HI/c1-13-10-15(6-9-17(13)25(5,23)24)12-21-18(19-3)20-11-14(2)22(4)16-7-8-16;/h6,9-10,14,16H,7-8,11-12H2,1-5H3,(H2,19,20,21);1H.